The lowest BCUT2D eigenvalue weighted by Crippen LogP contribution is -2.57. The molecule has 0 spiro atoms. The predicted octanol–water partition coefficient (Wildman–Crippen LogP) is 1.98. The van der Waals surface area contributed by atoms with Gasteiger partial charge in [-0.1, -0.05) is 12.8 Å². The van der Waals surface area contributed by atoms with Crippen LogP contribution in [0.5, 0.6) is 0 Å². The molecule has 1 aromatic heterocycles. The monoisotopic (exact) mass is 344 g/mol. The van der Waals surface area contributed by atoms with Crippen molar-refractivity contribution in [2.24, 2.45) is 11.8 Å². The minimum atomic E-state index is 0.272. The average Bonchev–Trinajstić information content (AvgIpc) is 3.32. The van der Waals surface area contributed by atoms with Crippen LogP contribution in [-0.4, -0.2) is 57.3 Å². The van der Waals surface area contributed by atoms with Crippen LogP contribution in [0.15, 0.2) is 12.5 Å². The average molecular weight is 344 g/mol. The van der Waals surface area contributed by atoms with Gasteiger partial charge in [-0.25, -0.2) is 4.98 Å². The first-order valence-electron chi connectivity index (χ1n) is 9.75. The van der Waals surface area contributed by atoms with Gasteiger partial charge in [0.25, 0.3) is 0 Å². The predicted molar refractivity (Wildman–Crippen MR) is 93.7 cm³/mol. The van der Waals surface area contributed by atoms with Gasteiger partial charge in [0.05, 0.1) is 6.33 Å². The van der Waals surface area contributed by atoms with E-state index in [1.54, 1.807) is 6.33 Å². The van der Waals surface area contributed by atoms with Crippen molar-refractivity contribution >= 4 is 11.8 Å². The Labute approximate surface area is 149 Å². The second kappa shape index (κ2) is 7.18. The van der Waals surface area contributed by atoms with Gasteiger partial charge in [-0.3, -0.25) is 9.59 Å². The summed E-state index contributed by atoms with van der Waals surface area (Å²) in [5.41, 5.74) is 1.07. The van der Waals surface area contributed by atoms with Gasteiger partial charge < -0.3 is 14.8 Å². The van der Waals surface area contributed by atoms with Crippen molar-refractivity contribution in [1.29, 1.82) is 0 Å². The molecular formula is C19H28N4O2. The molecule has 1 saturated carbocycles. The van der Waals surface area contributed by atoms with E-state index in [4.69, 9.17) is 0 Å². The number of imidazole rings is 1. The van der Waals surface area contributed by atoms with E-state index in [9.17, 15) is 9.59 Å². The van der Waals surface area contributed by atoms with Gasteiger partial charge >= 0.3 is 0 Å². The van der Waals surface area contributed by atoms with E-state index in [1.807, 2.05) is 6.20 Å². The van der Waals surface area contributed by atoms with E-state index in [2.05, 4.69) is 19.8 Å². The number of H-pyrrole nitrogens is 1. The van der Waals surface area contributed by atoms with Crippen LogP contribution in [-0.2, 0) is 16.0 Å². The summed E-state index contributed by atoms with van der Waals surface area (Å²) in [6.07, 6.45) is 11.2. The maximum absolute atomic E-state index is 12.5. The van der Waals surface area contributed by atoms with Crippen LogP contribution in [0.1, 0.15) is 50.6 Å². The third-order valence-corrected chi connectivity index (χ3v) is 6.14. The highest BCUT2D eigenvalue weighted by Crippen LogP contribution is 2.35. The number of aromatic amines is 1. The number of rotatable bonds is 6. The van der Waals surface area contributed by atoms with Gasteiger partial charge in [0.2, 0.25) is 11.8 Å². The fourth-order valence-corrected chi connectivity index (χ4v) is 4.42. The molecule has 2 unspecified atom stereocenters. The number of aromatic nitrogens is 2. The smallest absolute Gasteiger partial charge is 0.222 e. The summed E-state index contributed by atoms with van der Waals surface area (Å²) in [6.45, 7) is 2.39. The van der Waals surface area contributed by atoms with E-state index < -0.39 is 0 Å². The molecule has 6 nitrogen and oxygen atoms in total. The van der Waals surface area contributed by atoms with Gasteiger partial charge in [-0.2, -0.15) is 0 Å². The van der Waals surface area contributed by atoms with Crippen LogP contribution in [0.4, 0.5) is 0 Å². The van der Waals surface area contributed by atoms with Crippen LogP contribution in [0.25, 0.3) is 0 Å². The Morgan fingerprint density at radius 2 is 2.16 bits per heavy atom. The zero-order valence-corrected chi connectivity index (χ0v) is 14.8. The summed E-state index contributed by atoms with van der Waals surface area (Å²) in [5, 5.41) is 0. The SMILES string of the molecule is O=C(CCC1CC1)N1CCC2C(CCC(=O)N2CCc2cnc[nH]2)C1. The van der Waals surface area contributed by atoms with Gasteiger partial charge in [0, 0.05) is 56.8 Å². The Morgan fingerprint density at radius 1 is 1.28 bits per heavy atom. The summed E-state index contributed by atoms with van der Waals surface area (Å²) in [4.78, 5) is 36.2. The molecule has 2 atom stereocenters. The minimum absolute atomic E-state index is 0.272. The highest BCUT2D eigenvalue weighted by Gasteiger charge is 2.40. The van der Waals surface area contributed by atoms with Gasteiger partial charge in [-0.05, 0) is 31.1 Å². The van der Waals surface area contributed by atoms with Gasteiger partial charge in [-0.15, -0.1) is 0 Å². The number of hydrogen-bond acceptors (Lipinski definition) is 3. The maximum Gasteiger partial charge on any atom is 0.222 e. The van der Waals surface area contributed by atoms with Crippen LogP contribution in [0.3, 0.4) is 0 Å². The third-order valence-electron chi connectivity index (χ3n) is 6.14. The molecule has 4 rings (SSSR count). The number of piperidine rings is 2. The Morgan fingerprint density at radius 3 is 2.92 bits per heavy atom. The number of nitrogens with one attached hydrogen (secondary N) is 1. The zero-order chi connectivity index (χ0) is 17.2. The largest absolute Gasteiger partial charge is 0.348 e. The lowest BCUT2D eigenvalue weighted by molar-refractivity contribution is -0.144. The molecule has 0 radical (unpaired) electrons. The van der Waals surface area contributed by atoms with Crippen LogP contribution >= 0.6 is 0 Å². The second-order valence-electron chi connectivity index (χ2n) is 7.89. The lowest BCUT2D eigenvalue weighted by atomic mass is 9.83. The fourth-order valence-electron chi connectivity index (χ4n) is 4.42. The normalized spacial score (nSPS) is 26.6. The summed E-state index contributed by atoms with van der Waals surface area (Å²) < 4.78 is 0. The molecule has 1 N–H and O–H groups in total. The van der Waals surface area contributed by atoms with Crippen LogP contribution in [0, 0.1) is 11.8 Å². The molecule has 1 aliphatic carbocycles. The van der Waals surface area contributed by atoms with Crippen molar-refractivity contribution in [1.82, 2.24) is 19.8 Å². The maximum atomic E-state index is 12.5. The van der Waals surface area contributed by atoms with Crippen molar-refractivity contribution in [3.63, 3.8) is 0 Å². The Bertz CT molecular complexity index is 611. The number of hydrogen-bond donors (Lipinski definition) is 1. The Balaban J connectivity index is 1.33. The standard InChI is InChI=1S/C19H28N4O2/c24-18(5-3-14-1-2-14)22-9-8-17-15(12-22)4-6-19(25)23(17)10-7-16-11-20-13-21-16/h11,13-15,17H,1-10,12H2,(H,20,21). The summed E-state index contributed by atoms with van der Waals surface area (Å²) in [5.74, 6) is 1.85. The molecule has 3 fully saturated rings. The van der Waals surface area contributed by atoms with Crippen molar-refractivity contribution in [3.8, 4) is 0 Å². The Kier molecular flexibility index (Phi) is 4.77. The van der Waals surface area contributed by atoms with Crippen molar-refractivity contribution in [2.75, 3.05) is 19.6 Å². The fraction of sp³-hybridized carbons (Fsp3) is 0.737. The van der Waals surface area contributed by atoms with E-state index in [0.29, 0.717) is 30.7 Å². The van der Waals surface area contributed by atoms with Crippen molar-refractivity contribution in [2.45, 2.75) is 57.4 Å². The molecule has 136 valence electrons. The molecule has 3 aliphatic rings. The molecule has 25 heavy (non-hydrogen) atoms. The number of likely N-dealkylation sites (tertiary alicyclic amines) is 2. The summed E-state index contributed by atoms with van der Waals surface area (Å²) in [6, 6.07) is 0.302. The molecule has 2 saturated heterocycles. The Hall–Kier alpha value is -1.85. The highest BCUT2D eigenvalue weighted by atomic mass is 16.2. The zero-order valence-electron chi connectivity index (χ0n) is 14.8. The molecular weight excluding hydrogens is 316 g/mol. The van der Waals surface area contributed by atoms with E-state index in [-0.39, 0.29) is 5.91 Å². The summed E-state index contributed by atoms with van der Waals surface area (Å²) in [7, 11) is 0. The lowest BCUT2D eigenvalue weighted by Gasteiger charge is -2.47. The molecule has 6 heteroatoms. The molecule has 1 aromatic rings. The van der Waals surface area contributed by atoms with Crippen LogP contribution in [0.2, 0.25) is 0 Å². The molecule has 0 bridgehead atoms. The van der Waals surface area contributed by atoms with E-state index in [1.165, 1.54) is 12.8 Å². The van der Waals surface area contributed by atoms with E-state index >= 15 is 0 Å². The third kappa shape index (κ3) is 3.88. The minimum Gasteiger partial charge on any atom is -0.348 e. The van der Waals surface area contributed by atoms with E-state index in [0.717, 1.165) is 56.9 Å². The first-order chi connectivity index (χ1) is 12.2. The topological polar surface area (TPSA) is 69.3 Å². The number of nitrogens with zero attached hydrogens (tertiary/aromatic N) is 3. The second-order valence-corrected chi connectivity index (χ2v) is 7.89. The summed E-state index contributed by atoms with van der Waals surface area (Å²) >= 11 is 0. The number of carbonyl (C=O) groups excluding carboxylic acids is 2. The number of amides is 2. The first kappa shape index (κ1) is 16.6. The van der Waals surface area contributed by atoms with Crippen molar-refractivity contribution in [3.05, 3.63) is 18.2 Å². The molecule has 0 aromatic carbocycles. The number of fused-ring (bicyclic) bond motifs is 1. The van der Waals surface area contributed by atoms with Gasteiger partial charge in [0.15, 0.2) is 0 Å². The molecule has 2 amide bonds. The van der Waals surface area contributed by atoms with Crippen LogP contribution < -0.4 is 0 Å². The first-order valence-corrected chi connectivity index (χ1v) is 9.75. The molecule has 3 heterocycles. The quantitative estimate of drug-likeness (QED) is 0.858. The van der Waals surface area contributed by atoms with Gasteiger partial charge in [0.1, 0.15) is 0 Å². The molecule has 2 aliphatic heterocycles. The number of carbonyl (C=O) groups is 2. The highest BCUT2D eigenvalue weighted by molar-refractivity contribution is 5.78. The van der Waals surface area contributed by atoms with Crippen molar-refractivity contribution < 1.29 is 9.59 Å².